The van der Waals surface area contributed by atoms with Gasteiger partial charge in [-0.15, -0.1) is 0 Å². The molecule has 9 nitrogen and oxygen atoms in total. The van der Waals surface area contributed by atoms with Crippen LogP contribution in [0, 0.1) is 5.41 Å². The van der Waals surface area contributed by atoms with Crippen molar-refractivity contribution >= 4 is 46.0 Å². The first kappa shape index (κ1) is 23.1. The molecule has 1 spiro atoms. The molecule has 2 N–H and O–H groups in total. The van der Waals surface area contributed by atoms with Gasteiger partial charge < -0.3 is 15.4 Å². The van der Waals surface area contributed by atoms with Gasteiger partial charge in [-0.25, -0.2) is 15.0 Å². The number of anilines is 1. The van der Waals surface area contributed by atoms with E-state index in [9.17, 15) is 9.59 Å². The molecule has 1 amide bonds. The molecule has 0 unspecified atom stereocenters. The monoisotopic (exact) mass is 500 g/mol. The number of nitrogens with two attached hydrogens (primary N) is 1. The average Bonchev–Trinajstić information content (AvgIpc) is 3.18. The smallest absolute Gasteiger partial charge is 0.263 e. The van der Waals surface area contributed by atoms with Gasteiger partial charge in [0.25, 0.3) is 5.56 Å². The number of amides is 1. The molecule has 2 saturated heterocycles. The number of nitrogens with zero attached hydrogens (tertiary/aromatic N) is 5. The third-order valence-corrected chi connectivity index (χ3v) is 8.08. The van der Waals surface area contributed by atoms with Crippen LogP contribution < -0.4 is 16.2 Å². The zero-order valence-corrected chi connectivity index (χ0v) is 20.3. The van der Waals surface area contributed by atoms with Crippen molar-refractivity contribution in [3.8, 4) is 0 Å². The van der Waals surface area contributed by atoms with Crippen LogP contribution >= 0.6 is 23.4 Å². The number of halogens is 1. The van der Waals surface area contributed by atoms with Crippen molar-refractivity contribution in [2.75, 3.05) is 24.6 Å². The second kappa shape index (κ2) is 9.16. The lowest BCUT2D eigenvalue weighted by Gasteiger charge is -2.38. The fourth-order valence-corrected chi connectivity index (χ4v) is 5.91. The molecule has 2 aliphatic rings. The van der Waals surface area contributed by atoms with E-state index in [1.807, 2.05) is 0 Å². The molecule has 11 heteroatoms. The topological polar surface area (TPSA) is 116 Å². The van der Waals surface area contributed by atoms with Gasteiger partial charge in [0.2, 0.25) is 5.91 Å². The minimum Gasteiger partial charge on any atom is -0.378 e. The lowest BCUT2D eigenvalue weighted by Crippen LogP contribution is -2.41. The van der Waals surface area contributed by atoms with Crippen molar-refractivity contribution in [1.82, 2.24) is 19.5 Å². The summed E-state index contributed by atoms with van der Waals surface area (Å²) in [5, 5.41) is 1.17. The Bertz CT molecular complexity index is 1290. The number of carbonyl (C=O) groups is 1. The molecular formula is C23H25ClN6O3S. The summed E-state index contributed by atoms with van der Waals surface area (Å²) in [6.45, 7) is 4.64. The fraction of sp³-hybridized carbons (Fsp3) is 0.435. The summed E-state index contributed by atoms with van der Waals surface area (Å²) < 4.78 is 6.97. The first-order valence-corrected chi connectivity index (χ1v) is 12.4. The Morgan fingerprint density at radius 3 is 2.71 bits per heavy atom. The highest BCUT2D eigenvalue weighted by atomic mass is 35.5. The van der Waals surface area contributed by atoms with Crippen LogP contribution in [0.4, 0.5) is 5.82 Å². The number of hydrogen-bond acceptors (Lipinski definition) is 8. The molecule has 34 heavy (non-hydrogen) atoms. The molecule has 3 aromatic rings. The number of aromatic nitrogens is 4. The van der Waals surface area contributed by atoms with Gasteiger partial charge in [0.15, 0.2) is 0 Å². The number of rotatable bonds is 5. The van der Waals surface area contributed by atoms with Crippen molar-refractivity contribution in [3.63, 3.8) is 0 Å². The summed E-state index contributed by atoms with van der Waals surface area (Å²) in [5.74, 6) is 0.226. The van der Waals surface area contributed by atoms with E-state index in [0.717, 1.165) is 49.3 Å². The van der Waals surface area contributed by atoms with E-state index in [1.165, 1.54) is 18.1 Å². The van der Waals surface area contributed by atoms with Crippen LogP contribution in [0.2, 0.25) is 5.02 Å². The van der Waals surface area contributed by atoms with Crippen LogP contribution in [-0.2, 0) is 16.1 Å². The first-order chi connectivity index (χ1) is 16.3. The van der Waals surface area contributed by atoms with Crippen LogP contribution in [0.15, 0.2) is 45.6 Å². The van der Waals surface area contributed by atoms with E-state index in [2.05, 4.69) is 26.8 Å². The van der Waals surface area contributed by atoms with Crippen molar-refractivity contribution in [2.24, 2.45) is 11.1 Å². The van der Waals surface area contributed by atoms with E-state index >= 15 is 0 Å². The maximum absolute atomic E-state index is 12.8. The predicted octanol–water partition coefficient (Wildman–Crippen LogP) is 2.87. The Morgan fingerprint density at radius 1 is 1.26 bits per heavy atom. The fourth-order valence-electron chi connectivity index (χ4n) is 4.79. The largest absolute Gasteiger partial charge is 0.378 e. The molecule has 178 valence electrons. The van der Waals surface area contributed by atoms with Gasteiger partial charge in [-0.2, -0.15) is 0 Å². The third-order valence-electron chi connectivity index (χ3n) is 6.59. The van der Waals surface area contributed by atoms with E-state index in [4.69, 9.17) is 22.1 Å². The van der Waals surface area contributed by atoms with Gasteiger partial charge in [0.1, 0.15) is 17.4 Å². The van der Waals surface area contributed by atoms with Gasteiger partial charge in [-0.05, 0) is 43.7 Å². The molecule has 2 aliphatic heterocycles. The zero-order valence-electron chi connectivity index (χ0n) is 18.7. The molecule has 2 aromatic heterocycles. The molecule has 4 heterocycles. The molecule has 2 fully saturated rings. The van der Waals surface area contributed by atoms with E-state index < -0.39 is 11.5 Å². The summed E-state index contributed by atoms with van der Waals surface area (Å²) in [5.41, 5.74) is 5.57. The Morgan fingerprint density at radius 2 is 2.06 bits per heavy atom. The molecule has 1 aromatic carbocycles. The third kappa shape index (κ3) is 4.49. The van der Waals surface area contributed by atoms with Crippen LogP contribution in [0.3, 0.4) is 0 Å². The number of ether oxygens (including phenoxy) is 1. The number of primary amides is 1. The highest BCUT2D eigenvalue weighted by molar-refractivity contribution is 7.99. The quantitative estimate of drug-likeness (QED) is 0.568. The summed E-state index contributed by atoms with van der Waals surface area (Å²) in [6.07, 6.45) is 8.49. The molecule has 0 radical (unpaired) electrons. The molecule has 0 saturated carbocycles. The average molecular weight is 501 g/mol. The number of benzene rings is 1. The van der Waals surface area contributed by atoms with E-state index in [0.29, 0.717) is 27.0 Å². The van der Waals surface area contributed by atoms with E-state index in [1.54, 1.807) is 24.5 Å². The maximum Gasteiger partial charge on any atom is 0.263 e. The lowest BCUT2D eigenvalue weighted by atomic mass is 9.77. The summed E-state index contributed by atoms with van der Waals surface area (Å²) in [7, 11) is 0. The zero-order chi connectivity index (χ0) is 23.9. The van der Waals surface area contributed by atoms with Crippen molar-refractivity contribution < 1.29 is 9.53 Å². The van der Waals surface area contributed by atoms with E-state index in [-0.39, 0.29) is 17.0 Å². The molecule has 0 bridgehead atoms. The minimum absolute atomic E-state index is 0.243. The van der Waals surface area contributed by atoms with Crippen molar-refractivity contribution in [1.29, 1.82) is 0 Å². The number of fused-ring (bicyclic) bond motifs is 1. The maximum atomic E-state index is 12.8. The highest BCUT2D eigenvalue weighted by Gasteiger charge is 2.41. The summed E-state index contributed by atoms with van der Waals surface area (Å²) in [6, 6.07) is 3.52. The normalized spacial score (nSPS) is 19.7. The Labute approximate surface area is 205 Å². The van der Waals surface area contributed by atoms with Gasteiger partial charge in [-0.3, -0.25) is 14.2 Å². The van der Waals surface area contributed by atoms with Crippen LogP contribution in [0.5, 0.6) is 0 Å². The molecule has 1 atom stereocenters. The van der Waals surface area contributed by atoms with Crippen molar-refractivity contribution in [2.45, 2.75) is 48.8 Å². The second-order valence-electron chi connectivity index (χ2n) is 9.04. The molecule has 5 rings (SSSR count). The van der Waals surface area contributed by atoms with Gasteiger partial charge >= 0.3 is 0 Å². The number of piperidine rings is 1. The highest BCUT2D eigenvalue weighted by Crippen LogP contribution is 2.42. The van der Waals surface area contributed by atoms with Crippen molar-refractivity contribution in [3.05, 3.63) is 46.2 Å². The Kier molecular flexibility index (Phi) is 6.22. The SMILES string of the molecule is C[C@H]1CC2(CCN(c3cnc(Sc4ccc5ncn(CC(N)=O)c(=O)c5c4Cl)cn3)CC2)CO1. The van der Waals surface area contributed by atoms with Crippen LogP contribution in [-0.4, -0.2) is 51.2 Å². The minimum atomic E-state index is -0.629. The number of hydrogen-bond donors (Lipinski definition) is 1. The van der Waals surface area contributed by atoms with Crippen LogP contribution in [0.1, 0.15) is 26.2 Å². The summed E-state index contributed by atoms with van der Waals surface area (Å²) >= 11 is 7.89. The first-order valence-electron chi connectivity index (χ1n) is 11.2. The standard InChI is InChI=1S/C23H25ClN6O3S/c1-14-8-23(12-33-14)4-6-29(7-5-23)18-9-27-19(10-26-18)34-16-3-2-15-20(21(16)24)22(32)30(13-28-15)11-17(25)31/h2-3,9-10,13-14H,4-8,11-12H2,1H3,(H2,25,31)/t14-/m0/s1. The second-order valence-corrected chi connectivity index (χ2v) is 10.5. The Balaban J connectivity index is 1.31. The van der Waals surface area contributed by atoms with Crippen LogP contribution in [0.25, 0.3) is 10.9 Å². The van der Waals surface area contributed by atoms with Gasteiger partial charge in [0.05, 0.1) is 47.4 Å². The summed E-state index contributed by atoms with van der Waals surface area (Å²) in [4.78, 5) is 40.4. The molecule has 0 aliphatic carbocycles. The lowest BCUT2D eigenvalue weighted by molar-refractivity contribution is -0.118. The van der Waals surface area contributed by atoms with Gasteiger partial charge in [0, 0.05) is 18.0 Å². The Hall–Kier alpha value is -2.69. The molecular weight excluding hydrogens is 476 g/mol. The number of carbonyl (C=O) groups excluding carboxylic acids is 1. The predicted molar refractivity (Wildman–Crippen MR) is 130 cm³/mol. The van der Waals surface area contributed by atoms with Gasteiger partial charge in [-0.1, -0.05) is 23.4 Å².